The maximum absolute atomic E-state index is 12.8. The standard InChI is InChI=1S/C17H22FN3O2/c18-15-8-6-14(7-9-15)17(19)21-23-12-16(22)20-11-10-13-4-2-1-3-5-13/h4,6-9H,1-3,5,10-12H2,(H2,19,21)(H,20,22). The minimum absolute atomic E-state index is 0.102. The van der Waals surface area contributed by atoms with Gasteiger partial charge in [-0.3, -0.25) is 4.79 Å². The van der Waals surface area contributed by atoms with E-state index < -0.39 is 0 Å². The van der Waals surface area contributed by atoms with Crippen molar-refractivity contribution >= 4 is 11.7 Å². The van der Waals surface area contributed by atoms with Crippen LogP contribution in [0, 0.1) is 5.82 Å². The van der Waals surface area contributed by atoms with Crippen molar-refractivity contribution in [1.29, 1.82) is 0 Å². The van der Waals surface area contributed by atoms with Crippen LogP contribution in [0.15, 0.2) is 41.1 Å². The smallest absolute Gasteiger partial charge is 0.260 e. The van der Waals surface area contributed by atoms with Crippen molar-refractivity contribution in [3.05, 3.63) is 47.3 Å². The molecule has 0 atom stereocenters. The fraction of sp³-hybridized carbons (Fsp3) is 0.412. The summed E-state index contributed by atoms with van der Waals surface area (Å²) < 4.78 is 12.8. The van der Waals surface area contributed by atoms with Gasteiger partial charge in [0.05, 0.1) is 0 Å². The molecule has 0 heterocycles. The van der Waals surface area contributed by atoms with Crippen LogP contribution in [-0.4, -0.2) is 24.9 Å². The van der Waals surface area contributed by atoms with Crippen molar-refractivity contribution in [1.82, 2.24) is 5.32 Å². The molecule has 1 amide bonds. The molecule has 0 fully saturated rings. The zero-order valence-corrected chi connectivity index (χ0v) is 13.1. The number of nitrogens with one attached hydrogen (secondary N) is 1. The van der Waals surface area contributed by atoms with E-state index in [9.17, 15) is 9.18 Å². The van der Waals surface area contributed by atoms with Gasteiger partial charge in [-0.15, -0.1) is 0 Å². The normalized spacial score (nSPS) is 15.0. The highest BCUT2D eigenvalue weighted by Crippen LogP contribution is 2.19. The Morgan fingerprint density at radius 1 is 1.30 bits per heavy atom. The molecule has 0 aromatic heterocycles. The van der Waals surface area contributed by atoms with Gasteiger partial charge in [0.15, 0.2) is 12.4 Å². The van der Waals surface area contributed by atoms with Gasteiger partial charge in [0, 0.05) is 12.1 Å². The Kier molecular flexibility index (Phi) is 6.59. The summed E-state index contributed by atoms with van der Waals surface area (Å²) in [5.41, 5.74) is 7.64. The molecular weight excluding hydrogens is 297 g/mol. The Hall–Kier alpha value is -2.37. The first-order valence-electron chi connectivity index (χ1n) is 7.81. The zero-order chi connectivity index (χ0) is 16.5. The molecule has 0 saturated carbocycles. The molecule has 0 bridgehead atoms. The second-order valence-electron chi connectivity index (χ2n) is 5.46. The van der Waals surface area contributed by atoms with Gasteiger partial charge in [0.1, 0.15) is 5.82 Å². The molecule has 1 aromatic rings. The predicted molar refractivity (Wildman–Crippen MR) is 87.3 cm³/mol. The Bertz CT molecular complexity index is 582. The maximum atomic E-state index is 12.8. The van der Waals surface area contributed by atoms with E-state index in [-0.39, 0.29) is 24.2 Å². The number of oxime groups is 1. The molecular formula is C17H22FN3O2. The van der Waals surface area contributed by atoms with E-state index in [1.54, 1.807) is 0 Å². The molecule has 0 spiro atoms. The highest BCUT2D eigenvalue weighted by atomic mass is 19.1. The number of carbonyl (C=O) groups is 1. The number of halogens is 1. The molecule has 1 aromatic carbocycles. The lowest BCUT2D eigenvalue weighted by Crippen LogP contribution is -2.28. The van der Waals surface area contributed by atoms with Crippen LogP contribution in [0.25, 0.3) is 0 Å². The van der Waals surface area contributed by atoms with Gasteiger partial charge in [-0.2, -0.15) is 0 Å². The molecule has 1 aliphatic rings. The Labute approximate surface area is 135 Å². The van der Waals surface area contributed by atoms with Gasteiger partial charge in [-0.05, 0) is 56.4 Å². The van der Waals surface area contributed by atoms with Gasteiger partial charge in [0.2, 0.25) is 0 Å². The SMILES string of the molecule is N/C(=N\OCC(=O)NCCC1=CCCCC1)c1ccc(F)cc1. The summed E-state index contributed by atoms with van der Waals surface area (Å²) in [5.74, 6) is -0.489. The number of hydrogen-bond acceptors (Lipinski definition) is 3. The zero-order valence-electron chi connectivity index (χ0n) is 13.1. The summed E-state index contributed by atoms with van der Waals surface area (Å²) >= 11 is 0. The third-order valence-electron chi connectivity index (χ3n) is 3.65. The Morgan fingerprint density at radius 3 is 2.78 bits per heavy atom. The van der Waals surface area contributed by atoms with Gasteiger partial charge in [-0.1, -0.05) is 16.8 Å². The van der Waals surface area contributed by atoms with E-state index in [0.29, 0.717) is 12.1 Å². The van der Waals surface area contributed by atoms with Crippen LogP contribution in [0.2, 0.25) is 0 Å². The lowest BCUT2D eigenvalue weighted by molar-refractivity contribution is -0.125. The van der Waals surface area contributed by atoms with E-state index in [1.807, 2.05) is 0 Å². The van der Waals surface area contributed by atoms with E-state index >= 15 is 0 Å². The van der Waals surface area contributed by atoms with Gasteiger partial charge in [-0.25, -0.2) is 4.39 Å². The van der Waals surface area contributed by atoms with Crippen molar-refractivity contribution in [2.24, 2.45) is 10.9 Å². The number of rotatable bonds is 7. The van der Waals surface area contributed by atoms with Crippen LogP contribution >= 0.6 is 0 Å². The maximum Gasteiger partial charge on any atom is 0.260 e. The first kappa shape index (κ1) is 17.0. The van der Waals surface area contributed by atoms with Crippen molar-refractivity contribution in [3.8, 4) is 0 Å². The van der Waals surface area contributed by atoms with Gasteiger partial charge < -0.3 is 15.9 Å². The molecule has 0 aliphatic heterocycles. The summed E-state index contributed by atoms with van der Waals surface area (Å²) in [4.78, 5) is 16.6. The summed E-state index contributed by atoms with van der Waals surface area (Å²) in [5, 5.41) is 6.45. The largest absolute Gasteiger partial charge is 0.384 e. The molecule has 6 heteroatoms. The molecule has 0 unspecified atom stereocenters. The summed E-state index contributed by atoms with van der Waals surface area (Å²) in [6, 6.07) is 5.56. The second kappa shape index (κ2) is 8.92. The summed E-state index contributed by atoms with van der Waals surface area (Å²) in [6.45, 7) is 0.409. The van der Waals surface area contributed by atoms with Crippen LogP contribution in [0.4, 0.5) is 4.39 Å². The third kappa shape index (κ3) is 6.10. The summed E-state index contributed by atoms with van der Waals surface area (Å²) in [6.07, 6.45) is 7.92. The molecule has 124 valence electrons. The minimum Gasteiger partial charge on any atom is -0.384 e. The van der Waals surface area contributed by atoms with E-state index in [4.69, 9.17) is 10.6 Å². The second-order valence-corrected chi connectivity index (χ2v) is 5.46. The average Bonchev–Trinajstić information content (AvgIpc) is 2.56. The topological polar surface area (TPSA) is 76.7 Å². The van der Waals surface area contributed by atoms with E-state index in [0.717, 1.165) is 19.3 Å². The lowest BCUT2D eigenvalue weighted by atomic mass is 9.97. The number of hydrogen-bond donors (Lipinski definition) is 2. The fourth-order valence-electron chi connectivity index (χ4n) is 2.38. The van der Waals surface area contributed by atoms with Crippen LogP contribution < -0.4 is 11.1 Å². The number of benzene rings is 1. The van der Waals surface area contributed by atoms with Crippen molar-refractivity contribution in [3.63, 3.8) is 0 Å². The molecule has 3 N–H and O–H groups in total. The van der Waals surface area contributed by atoms with Crippen LogP contribution in [0.1, 0.15) is 37.7 Å². The summed E-state index contributed by atoms with van der Waals surface area (Å²) in [7, 11) is 0. The number of allylic oxidation sites excluding steroid dienone is 1. The average molecular weight is 319 g/mol. The molecule has 23 heavy (non-hydrogen) atoms. The molecule has 5 nitrogen and oxygen atoms in total. The quantitative estimate of drug-likeness (QED) is 0.351. The number of carbonyl (C=O) groups excluding carboxylic acids is 1. The van der Waals surface area contributed by atoms with Crippen LogP contribution in [0.5, 0.6) is 0 Å². The first-order chi connectivity index (χ1) is 11.1. The predicted octanol–water partition coefficient (Wildman–Crippen LogP) is 2.47. The molecule has 1 aliphatic carbocycles. The number of nitrogens with two attached hydrogens (primary N) is 1. The lowest BCUT2D eigenvalue weighted by Gasteiger charge is -2.12. The minimum atomic E-state index is -0.352. The monoisotopic (exact) mass is 319 g/mol. The molecule has 0 radical (unpaired) electrons. The highest BCUT2D eigenvalue weighted by molar-refractivity contribution is 5.97. The van der Waals surface area contributed by atoms with Crippen LogP contribution in [-0.2, 0) is 9.63 Å². The van der Waals surface area contributed by atoms with Crippen molar-refractivity contribution in [2.45, 2.75) is 32.1 Å². The van der Waals surface area contributed by atoms with E-state index in [2.05, 4.69) is 16.5 Å². The highest BCUT2D eigenvalue weighted by Gasteiger charge is 2.06. The number of amides is 1. The van der Waals surface area contributed by atoms with Gasteiger partial charge in [0.25, 0.3) is 5.91 Å². The molecule has 0 saturated heterocycles. The molecule has 2 rings (SSSR count). The number of nitrogens with zero attached hydrogens (tertiary/aromatic N) is 1. The third-order valence-corrected chi connectivity index (χ3v) is 3.65. The van der Waals surface area contributed by atoms with E-state index in [1.165, 1.54) is 42.7 Å². The Morgan fingerprint density at radius 2 is 2.09 bits per heavy atom. The Balaban J connectivity index is 1.66. The van der Waals surface area contributed by atoms with Crippen LogP contribution in [0.3, 0.4) is 0 Å². The van der Waals surface area contributed by atoms with Crippen molar-refractivity contribution < 1.29 is 14.0 Å². The fourth-order valence-corrected chi connectivity index (χ4v) is 2.38. The van der Waals surface area contributed by atoms with Crippen molar-refractivity contribution in [2.75, 3.05) is 13.2 Å². The first-order valence-corrected chi connectivity index (χ1v) is 7.81. The number of amidine groups is 1. The van der Waals surface area contributed by atoms with Gasteiger partial charge >= 0.3 is 0 Å².